The zero-order valence-corrected chi connectivity index (χ0v) is 10.9. The molecule has 5 nitrogen and oxygen atoms in total. The summed E-state index contributed by atoms with van der Waals surface area (Å²) in [4.78, 5) is 13.5. The fourth-order valence-electron chi connectivity index (χ4n) is 2.32. The molecule has 0 spiro atoms. The lowest BCUT2D eigenvalue weighted by atomic mass is 9.91. The molecular formula is C12H25N3O2. The molecule has 1 saturated carbocycles. The van der Waals surface area contributed by atoms with Crippen molar-refractivity contribution < 1.29 is 9.90 Å². The van der Waals surface area contributed by atoms with Gasteiger partial charge >= 0.3 is 6.03 Å². The van der Waals surface area contributed by atoms with Crippen LogP contribution in [0.5, 0.6) is 0 Å². The average Bonchev–Trinajstić information content (AvgIpc) is 2.36. The van der Waals surface area contributed by atoms with E-state index in [0.717, 1.165) is 25.7 Å². The molecule has 0 aromatic rings. The maximum atomic E-state index is 11.9. The van der Waals surface area contributed by atoms with Gasteiger partial charge in [0.05, 0.1) is 6.61 Å². The van der Waals surface area contributed by atoms with E-state index in [2.05, 4.69) is 10.6 Å². The third kappa shape index (κ3) is 4.52. The number of nitrogens with one attached hydrogen (secondary N) is 2. The zero-order valence-electron chi connectivity index (χ0n) is 10.9. The molecule has 17 heavy (non-hydrogen) atoms. The van der Waals surface area contributed by atoms with Gasteiger partial charge in [0.2, 0.25) is 0 Å². The molecular weight excluding hydrogens is 218 g/mol. The van der Waals surface area contributed by atoms with Crippen molar-refractivity contribution in [2.45, 2.75) is 44.7 Å². The van der Waals surface area contributed by atoms with Gasteiger partial charge in [-0.25, -0.2) is 4.79 Å². The molecule has 0 saturated heterocycles. The van der Waals surface area contributed by atoms with Gasteiger partial charge in [-0.3, -0.25) is 0 Å². The lowest BCUT2D eigenvalue weighted by molar-refractivity contribution is 0.173. The quantitative estimate of drug-likeness (QED) is 0.660. The molecule has 0 atom stereocenters. The van der Waals surface area contributed by atoms with E-state index in [1.165, 1.54) is 0 Å². The van der Waals surface area contributed by atoms with E-state index in [0.29, 0.717) is 25.2 Å². The fraction of sp³-hybridized carbons (Fsp3) is 0.917. The van der Waals surface area contributed by atoms with Gasteiger partial charge in [-0.05, 0) is 39.7 Å². The lowest BCUT2D eigenvalue weighted by Gasteiger charge is -2.30. The summed E-state index contributed by atoms with van der Waals surface area (Å²) in [5.74, 6) is 0. The summed E-state index contributed by atoms with van der Waals surface area (Å²) in [6.45, 7) is 2.99. The molecule has 5 heteroatoms. The summed E-state index contributed by atoms with van der Waals surface area (Å²) in [6.07, 6.45) is 4.31. The van der Waals surface area contributed by atoms with Crippen LogP contribution in [0.2, 0.25) is 0 Å². The number of urea groups is 1. The van der Waals surface area contributed by atoms with Gasteiger partial charge in [-0.2, -0.15) is 0 Å². The highest BCUT2D eigenvalue weighted by molar-refractivity contribution is 5.74. The number of carbonyl (C=O) groups excluding carboxylic acids is 1. The second-order valence-electron chi connectivity index (χ2n) is 4.59. The molecule has 0 unspecified atom stereocenters. The van der Waals surface area contributed by atoms with E-state index in [1.807, 2.05) is 14.0 Å². The molecule has 1 aliphatic rings. The van der Waals surface area contributed by atoms with Gasteiger partial charge in [0.25, 0.3) is 0 Å². The van der Waals surface area contributed by atoms with Gasteiger partial charge in [0.15, 0.2) is 0 Å². The highest BCUT2D eigenvalue weighted by Crippen LogP contribution is 2.18. The van der Waals surface area contributed by atoms with Crippen LogP contribution in [0.4, 0.5) is 4.79 Å². The molecule has 0 aliphatic heterocycles. The third-order valence-corrected chi connectivity index (χ3v) is 3.50. The first-order valence-electron chi connectivity index (χ1n) is 6.54. The minimum atomic E-state index is -0.0468. The number of amides is 2. The first kappa shape index (κ1) is 14.3. The van der Waals surface area contributed by atoms with Gasteiger partial charge in [-0.1, -0.05) is 0 Å². The molecule has 0 bridgehead atoms. The van der Waals surface area contributed by atoms with Crippen molar-refractivity contribution in [3.05, 3.63) is 0 Å². The molecule has 1 aliphatic carbocycles. The van der Waals surface area contributed by atoms with Crippen LogP contribution in [-0.4, -0.2) is 54.9 Å². The second-order valence-corrected chi connectivity index (χ2v) is 4.59. The minimum Gasteiger partial charge on any atom is -0.395 e. The Hall–Kier alpha value is -0.810. The van der Waals surface area contributed by atoms with Gasteiger partial charge < -0.3 is 20.6 Å². The van der Waals surface area contributed by atoms with Crippen molar-refractivity contribution in [1.29, 1.82) is 0 Å². The van der Waals surface area contributed by atoms with Crippen molar-refractivity contribution in [3.8, 4) is 0 Å². The minimum absolute atomic E-state index is 0.0216. The molecule has 100 valence electrons. The summed E-state index contributed by atoms with van der Waals surface area (Å²) in [7, 11) is 1.99. The van der Waals surface area contributed by atoms with E-state index >= 15 is 0 Å². The van der Waals surface area contributed by atoms with Crippen LogP contribution in [-0.2, 0) is 0 Å². The smallest absolute Gasteiger partial charge is 0.317 e. The lowest BCUT2D eigenvalue weighted by Crippen LogP contribution is -2.48. The number of hydrogen-bond acceptors (Lipinski definition) is 3. The summed E-state index contributed by atoms with van der Waals surface area (Å²) < 4.78 is 0. The Morgan fingerprint density at radius 2 is 1.88 bits per heavy atom. The Bertz CT molecular complexity index is 228. The molecule has 0 aromatic heterocycles. The fourth-order valence-corrected chi connectivity index (χ4v) is 2.32. The monoisotopic (exact) mass is 243 g/mol. The average molecular weight is 243 g/mol. The predicted octanol–water partition coefficient (Wildman–Crippen LogP) is 0.541. The highest BCUT2D eigenvalue weighted by Gasteiger charge is 2.22. The molecule has 3 N–H and O–H groups in total. The summed E-state index contributed by atoms with van der Waals surface area (Å²) in [5.41, 5.74) is 0. The molecule has 0 aromatic carbocycles. The molecule has 0 radical (unpaired) electrons. The number of aliphatic hydroxyl groups is 1. The van der Waals surface area contributed by atoms with Crippen molar-refractivity contribution in [2.24, 2.45) is 0 Å². The van der Waals surface area contributed by atoms with Crippen LogP contribution in [0.25, 0.3) is 0 Å². The normalized spacial score (nSPS) is 24.4. The molecule has 0 heterocycles. The summed E-state index contributed by atoms with van der Waals surface area (Å²) >= 11 is 0. The number of hydrogen-bond donors (Lipinski definition) is 3. The third-order valence-electron chi connectivity index (χ3n) is 3.50. The van der Waals surface area contributed by atoms with Gasteiger partial charge in [0.1, 0.15) is 0 Å². The Morgan fingerprint density at radius 3 is 2.35 bits per heavy atom. The van der Waals surface area contributed by atoms with Crippen LogP contribution < -0.4 is 10.6 Å². The molecule has 2 amide bonds. The Morgan fingerprint density at radius 1 is 1.29 bits per heavy atom. The molecule has 1 fully saturated rings. The van der Waals surface area contributed by atoms with Crippen LogP contribution in [0, 0.1) is 0 Å². The predicted molar refractivity (Wildman–Crippen MR) is 68.0 cm³/mol. The maximum Gasteiger partial charge on any atom is 0.317 e. The summed E-state index contributed by atoms with van der Waals surface area (Å²) in [6, 6.07) is 0.845. The van der Waals surface area contributed by atoms with E-state index in [1.54, 1.807) is 4.90 Å². The highest BCUT2D eigenvalue weighted by atomic mass is 16.3. The van der Waals surface area contributed by atoms with Crippen molar-refractivity contribution in [1.82, 2.24) is 15.5 Å². The number of likely N-dealkylation sites (N-methyl/N-ethyl adjacent to an activating group) is 1. The maximum absolute atomic E-state index is 11.9. The Balaban J connectivity index is 2.31. The summed E-state index contributed by atoms with van der Waals surface area (Å²) in [5, 5.41) is 15.2. The van der Waals surface area contributed by atoms with E-state index in [9.17, 15) is 4.79 Å². The second kappa shape index (κ2) is 7.50. The van der Waals surface area contributed by atoms with Crippen molar-refractivity contribution in [3.63, 3.8) is 0 Å². The van der Waals surface area contributed by atoms with Crippen LogP contribution in [0.15, 0.2) is 0 Å². The Kier molecular flexibility index (Phi) is 6.29. The largest absolute Gasteiger partial charge is 0.395 e. The van der Waals surface area contributed by atoms with E-state index < -0.39 is 0 Å². The van der Waals surface area contributed by atoms with Gasteiger partial charge in [0, 0.05) is 25.2 Å². The molecule has 1 rings (SSSR count). The van der Waals surface area contributed by atoms with E-state index in [-0.39, 0.29) is 12.6 Å². The number of carbonyl (C=O) groups is 1. The number of aliphatic hydroxyl groups excluding tert-OH is 1. The van der Waals surface area contributed by atoms with Crippen LogP contribution >= 0.6 is 0 Å². The SMILES string of the molecule is CCN(CCO)C(=O)NC1CCC(NC)CC1. The first-order valence-corrected chi connectivity index (χ1v) is 6.54. The standard InChI is InChI=1S/C12H25N3O2/c1-3-15(8-9-16)12(17)14-11-6-4-10(13-2)5-7-11/h10-11,13,16H,3-9H2,1-2H3,(H,14,17). The van der Waals surface area contributed by atoms with Crippen molar-refractivity contribution in [2.75, 3.05) is 26.7 Å². The van der Waals surface area contributed by atoms with Crippen molar-refractivity contribution >= 4 is 6.03 Å². The van der Waals surface area contributed by atoms with Crippen LogP contribution in [0.3, 0.4) is 0 Å². The zero-order chi connectivity index (χ0) is 12.7. The Labute approximate surface area is 104 Å². The first-order chi connectivity index (χ1) is 8.21. The van der Waals surface area contributed by atoms with Crippen LogP contribution in [0.1, 0.15) is 32.6 Å². The van der Waals surface area contributed by atoms with E-state index in [4.69, 9.17) is 5.11 Å². The number of nitrogens with zero attached hydrogens (tertiary/aromatic N) is 1. The van der Waals surface area contributed by atoms with Gasteiger partial charge in [-0.15, -0.1) is 0 Å². The topological polar surface area (TPSA) is 64.6 Å². The number of rotatable bonds is 5.